The Labute approximate surface area is 195 Å². The van der Waals surface area contributed by atoms with Crippen molar-refractivity contribution in [3.8, 4) is 11.5 Å². The number of fused-ring (bicyclic) bond motifs is 1. The van der Waals surface area contributed by atoms with Crippen LogP contribution >= 0.6 is 23.1 Å². The Hall–Kier alpha value is -2.78. The zero-order valence-corrected chi connectivity index (χ0v) is 19.4. The largest absolute Gasteiger partial charge is 0.486 e. The molecule has 3 heterocycles. The second kappa shape index (κ2) is 9.38. The van der Waals surface area contributed by atoms with E-state index < -0.39 is 0 Å². The van der Waals surface area contributed by atoms with Gasteiger partial charge in [-0.25, -0.2) is 0 Å². The van der Waals surface area contributed by atoms with Crippen molar-refractivity contribution in [2.45, 2.75) is 30.1 Å². The Kier molecular flexibility index (Phi) is 6.18. The molecule has 0 saturated carbocycles. The first-order chi connectivity index (χ1) is 15.7. The maximum atomic E-state index is 13.0. The van der Waals surface area contributed by atoms with Gasteiger partial charge in [0.2, 0.25) is 11.0 Å². The SMILES string of the molecule is Cc1ccccc1Nc1nnc(SCC(=O)N2CCC[C@H]2c2ccc3c(c2)OCCO3)s1. The van der Waals surface area contributed by atoms with Gasteiger partial charge in [0.1, 0.15) is 13.2 Å². The maximum absolute atomic E-state index is 13.0. The van der Waals surface area contributed by atoms with Crippen LogP contribution in [-0.2, 0) is 4.79 Å². The van der Waals surface area contributed by atoms with Crippen molar-refractivity contribution >= 4 is 39.8 Å². The first-order valence-electron chi connectivity index (χ1n) is 10.7. The summed E-state index contributed by atoms with van der Waals surface area (Å²) in [5, 5.41) is 12.5. The van der Waals surface area contributed by atoms with Gasteiger partial charge in [0, 0.05) is 12.2 Å². The van der Waals surface area contributed by atoms with Crippen molar-refractivity contribution in [2.75, 3.05) is 30.8 Å². The number of nitrogens with zero attached hydrogens (tertiary/aromatic N) is 3. The number of nitrogens with one attached hydrogen (secondary N) is 1. The summed E-state index contributed by atoms with van der Waals surface area (Å²) in [5.74, 6) is 2.01. The minimum Gasteiger partial charge on any atom is -0.486 e. The van der Waals surface area contributed by atoms with Crippen LogP contribution in [0.2, 0.25) is 0 Å². The molecule has 0 unspecified atom stereocenters. The number of benzene rings is 2. The number of carbonyl (C=O) groups excluding carboxylic acids is 1. The van der Waals surface area contributed by atoms with Crippen molar-refractivity contribution in [3.63, 3.8) is 0 Å². The summed E-state index contributed by atoms with van der Waals surface area (Å²) >= 11 is 2.90. The van der Waals surface area contributed by atoms with E-state index in [2.05, 4.69) is 15.5 Å². The monoisotopic (exact) mass is 468 g/mol. The summed E-state index contributed by atoms with van der Waals surface area (Å²) in [6.07, 6.45) is 1.96. The summed E-state index contributed by atoms with van der Waals surface area (Å²) < 4.78 is 12.1. The second-order valence-corrected chi connectivity index (χ2v) is 9.95. The van der Waals surface area contributed by atoms with Crippen molar-refractivity contribution < 1.29 is 14.3 Å². The number of para-hydroxylation sites is 1. The number of hydrogen-bond donors (Lipinski definition) is 1. The zero-order valence-electron chi connectivity index (χ0n) is 17.7. The molecule has 1 N–H and O–H groups in total. The molecule has 1 saturated heterocycles. The van der Waals surface area contributed by atoms with Crippen LogP contribution in [0.5, 0.6) is 11.5 Å². The quantitative estimate of drug-likeness (QED) is 0.520. The van der Waals surface area contributed by atoms with Crippen LogP contribution in [0.1, 0.15) is 30.0 Å². The fourth-order valence-corrected chi connectivity index (χ4v) is 5.68. The molecule has 1 amide bonds. The van der Waals surface area contributed by atoms with Gasteiger partial charge < -0.3 is 19.7 Å². The highest BCUT2D eigenvalue weighted by Crippen LogP contribution is 2.38. The third kappa shape index (κ3) is 4.54. The molecule has 1 atom stereocenters. The third-order valence-electron chi connectivity index (χ3n) is 5.64. The number of thioether (sulfide) groups is 1. The number of ether oxygens (including phenoxy) is 2. The first-order valence-corrected chi connectivity index (χ1v) is 12.5. The Balaban J connectivity index is 1.21. The minimum atomic E-state index is 0.0756. The van der Waals surface area contributed by atoms with Crippen molar-refractivity contribution in [2.24, 2.45) is 0 Å². The van der Waals surface area contributed by atoms with E-state index in [1.807, 2.05) is 54.3 Å². The molecule has 0 radical (unpaired) electrons. The van der Waals surface area contributed by atoms with Crippen molar-refractivity contribution in [3.05, 3.63) is 53.6 Å². The van der Waals surface area contributed by atoms with Gasteiger partial charge in [0.25, 0.3) is 0 Å². The molecule has 1 aromatic heterocycles. The molecule has 2 aliphatic rings. The lowest BCUT2D eigenvalue weighted by Crippen LogP contribution is -2.32. The van der Waals surface area contributed by atoms with E-state index in [1.54, 1.807) is 0 Å². The number of hydrogen-bond acceptors (Lipinski definition) is 8. The Bertz CT molecular complexity index is 1120. The zero-order chi connectivity index (χ0) is 21.9. The number of aromatic nitrogens is 2. The van der Waals surface area contributed by atoms with Gasteiger partial charge in [-0.2, -0.15) is 0 Å². The van der Waals surface area contributed by atoms with Crippen LogP contribution in [0.4, 0.5) is 10.8 Å². The molecule has 5 rings (SSSR count). The van der Waals surface area contributed by atoms with Crippen molar-refractivity contribution in [1.29, 1.82) is 0 Å². The summed E-state index contributed by atoms with van der Waals surface area (Å²) in [5.41, 5.74) is 3.26. The maximum Gasteiger partial charge on any atom is 0.233 e. The van der Waals surface area contributed by atoms with Gasteiger partial charge >= 0.3 is 0 Å². The van der Waals surface area contributed by atoms with Gasteiger partial charge in [-0.3, -0.25) is 4.79 Å². The fourth-order valence-electron chi connectivity index (χ4n) is 4.03. The molecule has 1 fully saturated rings. The summed E-state index contributed by atoms with van der Waals surface area (Å²) in [6, 6.07) is 14.1. The number of anilines is 2. The van der Waals surface area contributed by atoms with Crippen LogP contribution in [0.3, 0.4) is 0 Å². The lowest BCUT2D eigenvalue weighted by atomic mass is 10.0. The van der Waals surface area contributed by atoms with Crippen LogP contribution in [0, 0.1) is 6.92 Å². The fraction of sp³-hybridized carbons (Fsp3) is 0.348. The average molecular weight is 469 g/mol. The Morgan fingerprint density at radius 1 is 1.19 bits per heavy atom. The molecule has 0 bridgehead atoms. The predicted molar refractivity (Wildman–Crippen MR) is 126 cm³/mol. The Morgan fingerprint density at radius 2 is 2.03 bits per heavy atom. The Morgan fingerprint density at radius 3 is 2.91 bits per heavy atom. The van der Waals surface area contributed by atoms with E-state index >= 15 is 0 Å². The van der Waals surface area contributed by atoms with Crippen LogP contribution in [-0.4, -0.2) is 46.5 Å². The first kappa shape index (κ1) is 21.1. The van der Waals surface area contributed by atoms with Gasteiger partial charge in [-0.05, 0) is 49.1 Å². The highest BCUT2D eigenvalue weighted by Gasteiger charge is 2.31. The van der Waals surface area contributed by atoms with E-state index in [1.165, 1.54) is 23.1 Å². The topological polar surface area (TPSA) is 76.6 Å². The molecule has 166 valence electrons. The molecule has 7 nitrogen and oxygen atoms in total. The molecular weight excluding hydrogens is 444 g/mol. The van der Waals surface area contributed by atoms with E-state index in [0.29, 0.717) is 19.0 Å². The second-order valence-electron chi connectivity index (χ2n) is 7.75. The highest BCUT2D eigenvalue weighted by molar-refractivity contribution is 8.01. The molecule has 0 spiro atoms. The number of aryl methyl sites for hydroxylation is 1. The number of amides is 1. The number of likely N-dealkylation sites (tertiary alicyclic amines) is 1. The smallest absolute Gasteiger partial charge is 0.233 e. The lowest BCUT2D eigenvalue weighted by molar-refractivity contribution is -0.129. The number of carbonyl (C=O) groups is 1. The van der Waals surface area contributed by atoms with Gasteiger partial charge in [0.05, 0.1) is 11.8 Å². The summed E-state index contributed by atoms with van der Waals surface area (Å²) in [6.45, 7) is 3.95. The third-order valence-corrected chi connectivity index (χ3v) is 7.59. The average Bonchev–Trinajstić information content (AvgIpc) is 3.48. The van der Waals surface area contributed by atoms with E-state index in [9.17, 15) is 4.79 Å². The van der Waals surface area contributed by atoms with E-state index in [0.717, 1.165) is 57.2 Å². The van der Waals surface area contributed by atoms with Gasteiger partial charge in [0.15, 0.2) is 15.8 Å². The van der Waals surface area contributed by atoms with E-state index in [-0.39, 0.29) is 11.9 Å². The molecular formula is C23H24N4O3S2. The van der Waals surface area contributed by atoms with Gasteiger partial charge in [-0.15, -0.1) is 10.2 Å². The van der Waals surface area contributed by atoms with Crippen LogP contribution in [0.15, 0.2) is 46.8 Å². The summed E-state index contributed by atoms with van der Waals surface area (Å²) in [7, 11) is 0. The van der Waals surface area contributed by atoms with Crippen LogP contribution < -0.4 is 14.8 Å². The highest BCUT2D eigenvalue weighted by atomic mass is 32.2. The molecule has 0 aliphatic carbocycles. The molecule has 3 aromatic rings. The lowest BCUT2D eigenvalue weighted by Gasteiger charge is -2.26. The normalized spacial score (nSPS) is 17.4. The standard InChI is InChI=1S/C23H24N4O3S2/c1-15-5-2-3-6-17(15)24-22-25-26-23(32-22)31-14-21(28)27-10-4-7-18(27)16-8-9-19-20(13-16)30-12-11-29-19/h2-3,5-6,8-9,13,18H,4,7,10-12,14H2,1H3,(H,24,25)/t18-/m0/s1. The molecule has 2 aromatic carbocycles. The number of rotatable bonds is 6. The summed E-state index contributed by atoms with van der Waals surface area (Å²) in [4.78, 5) is 15.0. The molecule has 32 heavy (non-hydrogen) atoms. The van der Waals surface area contributed by atoms with Crippen molar-refractivity contribution in [1.82, 2.24) is 15.1 Å². The minimum absolute atomic E-state index is 0.0756. The van der Waals surface area contributed by atoms with Gasteiger partial charge in [-0.1, -0.05) is 47.4 Å². The van der Waals surface area contributed by atoms with Crippen LogP contribution in [0.25, 0.3) is 0 Å². The van der Waals surface area contributed by atoms with E-state index in [4.69, 9.17) is 9.47 Å². The molecule has 2 aliphatic heterocycles. The molecule has 9 heteroatoms. The predicted octanol–water partition coefficient (Wildman–Crippen LogP) is 4.82.